The van der Waals surface area contributed by atoms with Crippen LogP contribution in [0.15, 0.2) is 36.4 Å². The van der Waals surface area contributed by atoms with E-state index in [1.807, 2.05) is 25.1 Å². The SMILES string of the molecule is COc1ccc(CNc2cc([N+](=O)[O-])ccc2Cl)cc1C. The average Bonchev–Trinajstić information content (AvgIpc) is 2.46. The smallest absolute Gasteiger partial charge is 0.271 e. The number of nitro groups is 1. The molecule has 0 aliphatic heterocycles. The molecule has 2 rings (SSSR count). The van der Waals surface area contributed by atoms with Gasteiger partial charge in [0, 0.05) is 18.7 Å². The van der Waals surface area contributed by atoms with Gasteiger partial charge < -0.3 is 10.1 Å². The van der Waals surface area contributed by atoms with Crippen molar-refractivity contribution in [1.29, 1.82) is 0 Å². The fraction of sp³-hybridized carbons (Fsp3) is 0.200. The van der Waals surface area contributed by atoms with Crippen LogP contribution in [0.4, 0.5) is 11.4 Å². The lowest BCUT2D eigenvalue weighted by molar-refractivity contribution is -0.384. The summed E-state index contributed by atoms with van der Waals surface area (Å²) in [5.41, 5.74) is 2.62. The number of ether oxygens (including phenoxy) is 1. The highest BCUT2D eigenvalue weighted by Crippen LogP contribution is 2.27. The molecule has 0 aliphatic rings. The van der Waals surface area contributed by atoms with Gasteiger partial charge in [-0.2, -0.15) is 0 Å². The Morgan fingerprint density at radius 3 is 2.67 bits per heavy atom. The number of aryl methyl sites for hydroxylation is 1. The van der Waals surface area contributed by atoms with Crippen molar-refractivity contribution in [2.45, 2.75) is 13.5 Å². The van der Waals surface area contributed by atoms with E-state index in [4.69, 9.17) is 16.3 Å². The fourth-order valence-electron chi connectivity index (χ4n) is 2.01. The molecule has 0 spiro atoms. The second kappa shape index (κ2) is 6.45. The number of hydrogen-bond acceptors (Lipinski definition) is 4. The maximum atomic E-state index is 10.8. The van der Waals surface area contributed by atoms with Gasteiger partial charge in [-0.25, -0.2) is 0 Å². The van der Waals surface area contributed by atoms with Gasteiger partial charge in [0.05, 0.1) is 22.7 Å². The van der Waals surface area contributed by atoms with E-state index in [0.29, 0.717) is 17.3 Å². The van der Waals surface area contributed by atoms with Gasteiger partial charge in [-0.1, -0.05) is 23.7 Å². The molecule has 0 amide bonds. The second-order valence-corrected chi connectivity index (χ2v) is 4.99. The number of hydrogen-bond donors (Lipinski definition) is 1. The summed E-state index contributed by atoms with van der Waals surface area (Å²) >= 11 is 6.04. The zero-order valence-corrected chi connectivity index (χ0v) is 12.5. The lowest BCUT2D eigenvalue weighted by Crippen LogP contribution is -2.01. The molecule has 2 aromatic carbocycles. The molecule has 0 unspecified atom stereocenters. The third kappa shape index (κ3) is 3.64. The van der Waals surface area contributed by atoms with Crippen molar-refractivity contribution in [2.75, 3.05) is 12.4 Å². The highest BCUT2D eigenvalue weighted by Gasteiger charge is 2.09. The summed E-state index contributed by atoms with van der Waals surface area (Å²) in [6, 6.07) is 10.1. The Bertz CT molecular complexity index is 674. The molecule has 0 radical (unpaired) electrons. The van der Waals surface area contributed by atoms with Gasteiger partial charge in [0.25, 0.3) is 5.69 Å². The maximum absolute atomic E-state index is 10.8. The number of non-ortho nitro benzene ring substituents is 1. The molecule has 0 aromatic heterocycles. The number of halogens is 1. The van der Waals surface area contributed by atoms with Crippen molar-refractivity contribution in [2.24, 2.45) is 0 Å². The van der Waals surface area contributed by atoms with E-state index in [1.54, 1.807) is 7.11 Å². The molecular formula is C15H15ClN2O3. The minimum absolute atomic E-state index is 0.00723. The first kappa shape index (κ1) is 15.1. The zero-order chi connectivity index (χ0) is 15.4. The van der Waals surface area contributed by atoms with E-state index in [2.05, 4.69) is 5.32 Å². The van der Waals surface area contributed by atoms with Crippen molar-refractivity contribution in [3.8, 4) is 5.75 Å². The molecule has 5 nitrogen and oxygen atoms in total. The summed E-state index contributed by atoms with van der Waals surface area (Å²) in [6.07, 6.45) is 0. The standard InChI is InChI=1S/C15H15ClN2O3/c1-10-7-11(3-6-15(10)21-2)9-17-14-8-12(18(19)20)4-5-13(14)16/h3-8,17H,9H2,1-2H3. The van der Waals surface area contributed by atoms with Gasteiger partial charge in [0.15, 0.2) is 0 Å². The molecule has 0 aliphatic carbocycles. The monoisotopic (exact) mass is 306 g/mol. The largest absolute Gasteiger partial charge is 0.496 e. The first-order chi connectivity index (χ1) is 10.0. The number of anilines is 1. The van der Waals surface area contributed by atoms with Crippen molar-refractivity contribution >= 4 is 23.0 Å². The first-order valence-corrected chi connectivity index (χ1v) is 6.70. The summed E-state index contributed by atoms with van der Waals surface area (Å²) in [5, 5.41) is 14.3. The maximum Gasteiger partial charge on any atom is 0.271 e. The van der Waals surface area contributed by atoms with Crippen molar-refractivity contribution in [3.63, 3.8) is 0 Å². The first-order valence-electron chi connectivity index (χ1n) is 6.32. The molecule has 0 saturated heterocycles. The van der Waals surface area contributed by atoms with Crippen LogP contribution in [0.5, 0.6) is 5.75 Å². The van der Waals surface area contributed by atoms with Crippen molar-refractivity contribution in [3.05, 3.63) is 62.7 Å². The van der Waals surface area contributed by atoms with Gasteiger partial charge in [-0.3, -0.25) is 10.1 Å². The van der Waals surface area contributed by atoms with Crippen LogP contribution in [-0.2, 0) is 6.54 Å². The van der Waals surface area contributed by atoms with Crippen LogP contribution in [0.3, 0.4) is 0 Å². The molecular weight excluding hydrogens is 292 g/mol. The number of methoxy groups -OCH3 is 1. The quantitative estimate of drug-likeness (QED) is 0.665. The molecule has 0 heterocycles. The summed E-state index contributed by atoms with van der Waals surface area (Å²) in [6.45, 7) is 2.48. The van der Waals surface area contributed by atoms with Gasteiger partial charge in [-0.05, 0) is 30.2 Å². The summed E-state index contributed by atoms with van der Waals surface area (Å²) < 4.78 is 5.21. The highest BCUT2D eigenvalue weighted by molar-refractivity contribution is 6.33. The second-order valence-electron chi connectivity index (χ2n) is 4.58. The minimum Gasteiger partial charge on any atom is -0.496 e. The normalized spacial score (nSPS) is 10.2. The summed E-state index contributed by atoms with van der Waals surface area (Å²) in [5.74, 6) is 0.826. The van der Waals surface area contributed by atoms with E-state index >= 15 is 0 Å². The molecule has 2 aromatic rings. The lowest BCUT2D eigenvalue weighted by atomic mass is 10.1. The molecule has 110 valence electrons. The van der Waals surface area contributed by atoms with E-state index in [9.17, 15) is 10.1 Å². The Morgan fingerprint density at radius 2 is 2.05 bits per heavy atom. The Labute approximate surface area is 127 Å². The minimum atomic E-state index is -0.445. The predicted octanol–water partition coefficient (Wildman–Crippen LogP) is 4.18. The number of nitro benzene ring substituents is 1. The highest BCUT2D eigenvalue weighted by atomic mass is 35.5. The van der Waals surface area contributed by atoms with Crippen LogP contribution >= 0.6 is 11.6 Å². The molecule has 21 heavy (non-hydrogen) atoms. The Hall–Kier alpha value is -2.27. The lowest BCUT2D eigenvalue weighted by Gasteiger charge is -2.10. The Balaban J connectivity index is 2.14. The van der Waals surface area contributed by atoms with Crippen LogP contribution in [0.25, 0.3) is 0 Å². The van der Waals surface area contributed by atoms with Crippen LogP contribution in [0.2, 0.25) is 5.02 Å². The van der Waals surface area contributed by atoms with E-state index in [0.717, 1.165) is 16.9 Å². The molecule has 6 heteroatoms. The number of rotatable bonds is 5. The van der Waals surface area contributed by atoms with Crippen LogP contribution in [-0.4, -0.2) is 12.0 Å². The van der Waals surface area contributed by atoms with Crippen molar-refractivity contribution in [1.82, 2.24) is 0 Å². The van der Waals surface area contributed by atoms with E-state index in [1.165, 1.54) is 18.2 Å². The van der Waals surface area contributed by atoms with Crippen LogP contribution in [0, 0.1) is 17.0 Å². The van der Waals surface area contributed by atoms with Gasteiger partial charge >= 0.3 is 0 Å². The summed E-state index contributed by atoms with van der Waals surface area (Å²) in [4.78, 5) is 10.3. The van der Waals surface area contributed by atoms with Gasteiger partial charge in [0.1, 0.15) is 5.75 Å². The zero-order valence-electron chi connectivity index (χ0n) is 11.7. The average molecular weight is 307 g/mol. The Morgan fingerprint density at radius 1 is 1.29 bits per heavy atom. The molecule has 1 N–H and O–H groups in total. The third-order valence-electron chi connectivity index (χ3n) is 3.10. The van der Waals surface area contributed by atoms with Crippen LogP contribution < -0.4 is 10.1 Å². The molecule has 0 bridgehead atoms. The Kier molecular flexibility index (Phi) is 4.65. The molecule has 0 saturated carbocycles. The van der Waals surface area contributed by atoms with Gasteiger partial charge in [0.2, 0.25) is 0 Å². The van der Waals surface area contributed by atoms with Crippen LogP contribution in [0.1, 0.15) is 11.1 Å². The third-order valence-corrected chi connectivity index (χ3v) is 3.43. The fourth-order valence-corrected chi connectivity index (χ4v) is 2.19. The number of benzene rings is 2. The predicted molar refractivity (Wildman–Crippen MR) is 83.2 cm³/mol. The topological polar surface area (TPSA) is 64.4 Å². The van der Waals surface area contributed by atoms with E-state index < -0.39 is 4.92 Å². The summed E-state index contributed by atoms with van der Waals surface area (Å²) in [7, 11) is 1.63. The van der Waals surface area contributed by atoms with E-state index in [-0.39, 0.29) is 5.69 Å². The molecule has 0 atom stereocenters. The van der Waals surface area contributed by atoms with Crippen molar-refractivity contribution < 1.29 is 9.66 Å². The number of nitrogens with one attached hydrogen (secondary N) is 1. The number of nitrogens with zero attached hydrogens (tertiary/aromatic N) is 1. The van der Waals surface area contributed by atoms with Gasteiger partial charge in [-0.15, -0.1) is 0 Å². The molecule has 0 fully saturated rings.